The molecule has 0 atom stereocenters. The third-order valence-electron chi connectivity index (χ3n) is 6.05. The first-order valence-electron chi connectivity index (χ1n) is 12.7. The number of amides is 1. The lowest BCUT2D eigenvalue weighted by Crippen LogP contribution is -2.29. The molecule has 0 spiro atoms. The van der Waals surface area contributed by atoms with Gasteiger partial charge in [0, 0.05) is 60.6 Å². The molecule has 39 heavy (non-hydrogen) atoms. The number of aromatic nitrogens is 2. The largest absolute Gasteiger partial charge is 0.508 e. The van der Waals surface area contributed by atoms with Crippen molar-refractivity contribution in [3.8, 4) is 5.88 Å². The normalized spacial score (nSPS) is 12.2. The van der Waals surface area contributed by atoms with Crippen LogP contribution in [-0.2, 0) is 0 Å². The molecule has 0 unspecified atom stereocenters. The number of nitrogens with zero attached hydrogens (tertiary/aromatic N) is 2. The number of aliphatic hydroxyl groups is 1. The number of carbonyl (C=O) groups excluding carboxylic acids is 1. The maximum absolute atomic E-state index is 12.6. The Balaban J connectivity index is 1.65. The van der Waals surface area contributed by atoms with Crippen LogP contribution in [0.15, 0.2) is 84.5 Å². The number of methoxy groups -OCH3 is 1. The molecule has 6 N–H and O–H groups in total. The minimum atomic E-state index is -0.211. The highest BCUT2D eigenvalue weighted by Crippen LogP contribution is 2.27. The van der Waals surface area contributed by atoms with Crippen molar-refractivity contribution < 1.29 is 14.6 Å². The number of nitrogens with one attached hydrogen (secondary N) is 3. The zero-order chi connectivity index (χ0) is 28.2. The van der Waals surface area contributed by atoms with E-state index < -0.39 is 0 Å². The third-order valence-corrected chi connectivity index (χ3v) is 6.05. The van der Waals surface area contributed by atoms with E-state index in [1.54, 1.807) is 56.9 Å². The summed E-state index contributed by atoms with van der Waals surface area (Å²) in [7, 11) is 1.57. The van der Waals surface area contributed by atoms with E-state index in [0.717, 1.165) is 22.4 Å². The predicted molar refractivity (Wildman–Crippen MR) is 158 cm³/mol. The van der Waals surface area contributed by atoms with Crippen LogP contribution in [-0.4, -0.2) is 47.7 Å². The number of nitrogen functional groups attached to an aromatic ring is 1. The number of benzene rings is 1. The monoisotopic (exact) mass is 528 g/mol. The zero-order valence-corrected chi connectivity index (χ0v) is 22.8. The van der Waals surface area contributed by atoms with E-state index in [9.17, 15) is 9.90 Å². The lowest BCUT2D eigenvalue weighted by Gasteiger charge is -2.15. The topological polar surface area (TPSA) is 134 Å². The summed E-state index contributed by atoms with van der Waals surface area (Å²) < 4.78 is 5.40. The van der Waals surface area contributed by atoms with Crippen LogP contribution in [0, 0.1) is 6.92 Å². The number of nitrogens with two attached hydrogens (primary N) is 1. The van der Waals surface area contributed by atoms with Crippen molar-refractivity contribution in [2.75, 3.05) is 43.1 Å². The van der Waals surface area contributed by atoms with Gasteiger partial charge in [0.05, 0.1) is 18.5 Å². The average molecular weight is 529 g/mol. The van der Waals surface area contributed by atoms with Crippen LogP contribution in [0.25, 0.3) is 5.57 Å². The maximum atomic E-state index is 12.6. The number of allylic oxidation sites excluding steroid dienone is 4. The van der Waals surface area contributed by atoms with E-state index in [1.807, 2.05) is 44.2 Å². The number of hydrogen-bond acceptors (Lipinski definition) is 8. The van der Waals surface area contributed by atoms with E-state index in [4.69, 9.17) is 10.5 Å². The fraction of sp³-hybridized carbons (Fsp3) is 0.233. The molecule has 0 saturated heterocycles. The van der Waals surface area contributed by atoms with Gasteiger partial charge in [-0.15, -0.1) is 0 Å². The van der Waals surface area contributed by atoms with Crippen molar-refractivity contribution in [3.63, 3.8) is 0 Å². The molecular weight excluding hydrogens is 492 g/mol. The Bertz CT molecular complexity index is 1380. The number of anilines is 3. The van der Waals surface area contributed by atoms with E-state index in [2.05, 4.69) is 25.9 Å². The summed E-state index contributed by atoms with van der Waals surface area (Å²) in [5, 5.41) is 20.0. The lowest BCUT2D eigenvalue weighted by atomic mass is 10.0. The van der Waals surface area contributed by atoms with Gasteiger partial charge in [0.2, 0.25) is 5.88 Å². The first-order chi connectivity index (χ1) is 18.9. The molecule has 0 radical (unpaired) electrons. The first-order valence-corrected chi connectivity index (χ1v) is 12.7. The smallest absolute Gasteiger partial charge is 0.251 e. The Morgan fingerprint density at radius 1 is 1.08 bits per heavy atom. The molecule has 3 aromatic rings. The van der Waals surface area contributed by atoms with Crippen LogP contribution in [0.3, 0.4) is 0 Å². The molecule has 0 bridgehead atoms. The molecule has 1 aromatic carbocycles. The second-order valence-corrected chi connectivity index (χ2v) is 8.68. The minimum Gasteiger partial charge on any atom is -0.508 e. The van der Waals surface area contributed by atoms with Gasteiger partial charge in [-0.2, -0.15) is 0 Å². The molecule has 204 valence electrons. The number of rotatable bonds is 12. The standard InChI is InChI=1S/C30H36N6O3/c1-5-21(24-8-7-12-35-30(24)39-4)16-23(28(37)6-2)19-36-27-10-9-22(17-25(27)31)29(38)34-15-14-33-26-11-13-32-18-20(26)3/h5-13,16-18,36-37H,14-15,19,31H2,1-4H3,(H,32,33)(H,34,38)/b21-5+,23-16-,28-6+. The molecule has 9 heteroatoms. The van der Waals surface area contributed by atoms with Crippen LogP contribution in [0.4, 0.5) is 17.1 Å². The van der Waals surface area contributed by atoms with Crippen LogP contribution in [0.1, 0.15) is 35.3 Å². The molecule has 1 amide bonds. The summed E-state index contributed by atoms with van der Waals surface area (Å²) in [4.78, 5) is 21.0. The number of carbonyl (C=O) groups is 1. The number of pyridine rings is 2. The Kier molecular flexibility index (Phi) is 10.5. The zero-order valence-electron chi connectivity index (χ0n) is 22.8. The summed E-state index contributed by atoms with van der Waals surface area (Å²) >= 11 is 0. The quantitative estimate of drug-likeness (QED) is 0.0946. The van der Waals surface area contributed by atoms with Gasteiger partial charge in [-0.1, -0.05) is 6.08 Å². The fourth-order valence-electron chi connectivity index (χ4n) is 3.88. The molecule has 2 heterocycles. The minimum absolute atomic E-state index is 0.134. The van der Waals surface area contributed by atoms with Crippen molar-refractivity contribution in [3.05, 3.63) is 101 Å². The Hall–Kier alpha value is -4.79. The summed E-state index contributed by atoms with van der Waals surface area (Å²) in [5.41, 5.74) is 12.1. The van der Waals surface area contributed by atoms with E-state index in [1.165, 1.54) is 0 Å². The van der Waals surface area contributed by atoms with Crippen LogP contribution < -0.4 is 26.4 Å². The van der Waals surface area contributed by atoms with Crippen LogP contribution >= 0.6 is 0 Å². The van der Waals surface area contributed by atoms with Crippen LogP contribution in [0.2, 0.25) is 0 Å². The Morgan fingerprint density at radius 3 is 2.59 bits per heavy atom. The molecule has 9 nitrogen and oxygen atoms in total. The highest BCUT2D eigenvalue weighted by molar-refractivity contribution is 5.96. The number of hydrogen-bond donors (Lipinski definition) is 5. The van der Waals surface area contributed by atoms with Crippen molar-refractivity contribution in [2.45, 2.75) is 20.8 Å². The van der Waals surface area contributed by atoms with Crippen LogP contribution in [0.5, 0.6) is 5.88 Å². The molecule has 0 saturated carbocycles. The van der Waals surface area contributed by atoms with Gasteiger partial charge in [0.1, 0.15) is 5.76 Å². The second-order valence-electron chi connectivity index (χ2n) is 8.68. The molecule has 0 fully saturated rings. The highest BCUT2D eigenvalue weighted by atomic mass is 16.5. The maximum Gasteiger partial charge on any atom is 0.251 e. The summed E-state index contributed by atoms with van der Waals surface area (Å²) in [6.07, 6.45) is 10.6. The van der Waals surface area contributed by atoms with Gasteiger partial charge in [-0.3, -0.25) is 9.78 Å². The highest BCUT2D eigenvalue weighted by Gasteiger charge is 2.12. The van der Waals surface area contributed by atoms with Gasteiger partial charge in [-0.05, 0) is 80.5 Å². The average Bonchev–Trinajstić information content (AvgIpc) is 2.96. The van der Waals surface area contributed by atoms with Gasteiger partial charge >= 0.3 is 0 Å². The molecule has 0 aliphatic carbocycles. The molecule has 2 aromatic heterocycles. The van der Waals surface area contributed by atoms with Gasteiger partial charge < -0.3 is 31.5 Å². The number of ether oxygens (including phenoxy) is 1. The Morgan fingerprint density at radius 2 is 1.90 bits per heavy atom. The third kappa shape index (κ3) is 7.85. The van der Waals surface area contributed by atoms with Gasteiger partial charge in [-0.25, -0.2) is 4.98 Å². The molecular formula is C30H36N6O3. The summed E-state index contributed by atoms with van der Waals surface area (Å²) in [6.45, 7) is 6.97. The van der Waals surface area contributed by atoms with Gasteiger partial charge in [0.15, 0.2) is 0 Å². The number of aryl methyl sites for hydroxylation is 1. The SMILES string of the molecule is C\C=C(O)/C(=C\C(=C/C)c1cccnc1OC)CNc1ccc(C(=O)NCCNc2ccncc2C)cc1N. The van der Waals surface area contributed by atoms with E-state index >= 15 is 0 Å². The first kappa shape index (κ1) is 28.8. The lowest BCUT2D eigenvalue weighted by molar-refractivity contribution is 0.0955. The summed E-state index contributed by atoms with van der Waals surface area (Å²) in [5.74, 6) is 0.419. The van der Waals surface area contributed by atoms with Crippen molar-refractivity contribution in [2.24, 2.45) is 0 Å². The molecule has 0 aliphatic heterocycles. The summed E-state index contributed by atoms with van der Waals surface area (Å²) in [6, 6.07) is 10.7. The fourth-order valence-corrected chi connectivity index (χ4v) is 3.88. The second kappa shape index (κ2) is 14.2. The van der Waals surface area contributed by atoms with E-state index in [-0.39, 0.29) is 11.7 Å². The van der Waals surface area contributed by atoms with Crippen molar-refractivity contribution in [1.82, 2.24) is 15.3 Å². The van der Waals surface area contributed by atoms with Crippen molar-refractivity contribution in [1.29, 1.82) is 0 Å². The Labute approximate surface area is 229 Å². The molecule has 0 aliphatic rings. The van der Waals surface area contributed by atoms with Gasteiger partial charge in [0.25, 0.3) is 5.91 Å². The van der Waals surface area contributed by atoms with Crippen molar-refractivity contribution >= 4 is 28.5 Å². The molecule has 3 rings (SSSR count). The number of aliphatic hydroxyl groups excluding tert-OH is 1. The predicted octanol–water partition coefficient (Wildman–Crippen LogP) is 5.12. The van der Waals surface area contributed by atoms with E-state index in [0.29, 0.717) is 48.0 Å².